The average molecular weight is 432 g/mol. The maximum atomic E-state index is 12.5. The number of aryl methyl sites for hydroxylation is 1. The topological polar surface area (TPSA) is 64.6 Å². The Balaban J connectivity index is 1.81. The quantitative estimate of drug-likeness (QED) is 0.245. The molecule has 0 aliphatic heterocycles. The summed E-state index contributed by atoms with van der Waals surface area (Å²) in [5.74, 6) is -0.895. The molecule has 0 spiro atoms. The Hall–Kier alpha value is -1.88. The largest absolute Gasteiger partial charge is 0.465 e. The van der Waals surface area contributed by atoms with E-state index in [0.717, 1.165) is 19.4 Å². The second kappa shape index (κ2) is 13.5. The van der Waals surface area contributed by atoms with Gasteiger partial charge < -0.3 is 14.8 Å². The van der Waals surface area contributed by atoms with Crippen LogP contribution in [0.5, 0.6) is 0 Å². The Morgan fingerprint density at radius 3 is 2.10 bits per heavy atom. The first-order chi connectivity index (χ1) is 15.1. The van der Waals surface area contributed by atoms with Gasteiger partial charge in [0, 0.05) is 12.6 Å². The van der Waals surface area contributed by atoms with E-state index in [-0.39, 0.29) is 19.3 Å². The molecule has 0 saturated heterocycles. The van der Waals surface area contributed by atoms with Crippen molar-refractivity contribution in [3.63, 3.8) is 0 Å². The van der Waals surface area contributed by atoms with Crippen molar-refractivity contribution in [1.29, 1.82) is 0 Å². The molecule has 0 radical (unpaired) electrons. The average Bonchev–Trinajstić information content (AvgIpc) is 3.22. The zero-order valence-electron chi connectivity index (χ0n) is 19.7. The van der Waals surface area contributed by atoms with E-state index in [1.54, 1.807) is 13.8 Å². The summed E-state index contributed by atoms with van der Waals surface area (Å²) in [6.07, 6.45) is 10.7. The van der Waals surface area contributed by atoms with E-state index in [2.05, 4.69) is 36.5 Å². The molecule has 1 aromatic rings. The van der Waals surface area contributed by atoms with Gasteiger partial charge in [-0.15, -0.1) is 0 Å². The lowest BCUT2D eigenvalue weighted by molar-refractivity contribution is -0.171. The van der Waals surface area contributed by atoms with Crippen molar-refractivity contribution in [3.05, 3.63) is 35.4 Å². The van der Waals surface area contributed by atoms with E-state index < -0.39 is 17.4 Å². The highest BCUT2D eigenvalue weighted by Gasteiger charge is 2.53. The van der Waals surface area contributed by atoms with Crippen molar-refractivity contribution in [1.82, 2.24) is 5.32 Å². The fraction of sp³-hybridized carbons (Fsp3) is 0.692. The van der Waals surface area contributed by atoms with Gasteiger partial charge in [-0.05, 0) is 57.1 Å². The first kappa shape index (κ1) is 25.4. The van der Waals surface area contributed by atoms with Gasteiger partial charge in [0.15, 0.2) is 5.41 Å². The number of benzene rings is 1. The molecule has 1 unspecified atom stereocenters. The molecule has 1 aliphatic carbocycles. The van der Waals surface area contributed by atoms with Crippen LogP contribution in [0.15, 0.2) is 24.3 Å². The molecule has 1 fully saturated rings. The van der Waals surface area contributed by atoms with Crippen molar-refractivity contribution in [2.45, 2.75) is 97.6 Å². The third kappa shape index (κ3) is 7.64. The van der Waals surface area contributed by atoms with Crippen LogP contribution in [0.2, 0.25) is 0 Å². The van der Waals surface area contributed by atoms with E-state index in [1.807, 2.05) is 0 Å². The monoisotopic (exact) mass is 431 g/mol. The zero-order valence-corrected chi connectivity index (χ0v) is 19.7. The number of esters is 2. The molecular weight excluding hydrogens is 390 g/mol. The zero-order chi connectivity index (χ0) is 22.5. The van der Waals surface area contributed by atoms with E-state index in [0.29, 0.717) is 12.8 Å². The van der Waals surface area contributed by atoms with Crippen molar-refractivity contribution in [2.24, 2.45) is 5.41 Å². The minimum atomic E-state index is -1.16. The molecule has 1 aromatic carbocycles. The number of unbranched alkanes of at least 4 members (excludes halogenated alkanes) is 5. The van der Waals surface area contributed by atoms with Crippen molar-refractivity contribution >= 4 is 11.9 Å². The van der Waals surface area contributed by atoms with Gasteiger partial charge in [-0.25, -0.2) is 0 Å². The summed E-state index contributed by atoms with van der Waals surface area (Å²) in [5.41, 5.74) is 1.45. The Bertz CT molecular complexity index is 652. The number of hydrogen-bond donors (Lipinski definition) is 1. The van der Waals surface area contributed by atoms with Crippen LogP contribution in [0, 0.1) is 5.41 Å². The van der Waals surface area contributed by atoms with E-state index in [1.165, 1.54) is 49.7 Å². The van der Waals surface area contributed by atoms with E-state index >= 15 is 0 Å². The standard InChI is InChI=1S/C26H41NO4/c1-4-7-8-9-10-11-12-21-13-15-22(16-14-21)20-27-23-17-18-26(19-23,24(28)30-5-2)25(29)31-6-3/h13-16,23,27H,4-12,17-20H2,1-3H3. The molecule has 0 aromatic heterocycles. The van der Waals surface area contributed by atoms with Crippen LogP contribution >= 0.6 is 0 Å². The highest BCUT2D eigenvalue weighted by atomic mass is 16.6. The second-order valence-corrected chi connectivity index (χ2v) is 8.68. The minimum absolute atomic E-state index is 0.0941. The molecule has 5 heteroatoms. The summed E-state index contributed by atoms with van der Waals surface area (Å²) in [6.45, 7) is 7.03. The summed E-state index contributed by atoms with van der Waals surface area (Å²) in [5, 5.41) is 3.52. The first-order valence-electron chi connectivity index (χ1n) is 12.2. The second-order valence-electron chi connectivity index (χ2n) is 8.68. The Morgan fingerprint density at radius 2 is 1.48 bits per heavy atom. The summed E-state index contributed by atoms with van der Waals surface area (Å²) in [6, 6.07) is 8.89. The van der Waals surface area contributed by atoms with Gasteiger partial charge in [-0.2, -0.15) is 0 Å². The Kier molecular flexibility index (Phi) is 11.1. The molecule has 1 N–H and O–H groups in total. The number of ether oxygens (including phenoxy) is 2. The highest BCUT2D eigenvalue weighted by molar-refractivity contribution is 6.00. The van der Waals surface area contributed by atoms with Gasteiger partial charge in [0.05, 0.1) is 13.2 Å². The molecule has 0 bridgehead atoms. The van der Waals surface area contributed by atoms with Gasteiger partial charge in [0.25, 0.3) is 0 Å². The normalized spacial score (nSPS) is 17.5. The number of hydrogen-bond acceptors (Lipinski definition) is 5. The molecular formula is C26H41NO4. The lowest BCUT2D eigenvalue weighted by Crippen LogP contribution is -2.41. The first-order valence-corrected chi connectivity index (χ1v) is 12.2. The minimum Gasteiger partial charge on any atom is -0.465 e. The Labute approximate surface area is 188 Å². The van der Waals surface area contributed by atoms with E-state index in [9.17, 15) is 9.59 Å². The van der Waals surface area contributed by atoms with Crippen molar-refractivity contribution in [3.8, 4) is 0 Å². The lowest BCUT2D eigenvalue weighted by Gasteiger charge is -2.24. The van der Waals surface area contributed by atoms with Crippen LogP contribution in [-0.4, -0.2) is 31.2 Å². The van der Waals surface area contributed by atoms with Crippen molar-refractivity contribution < 1.29 is 19.1 Å². The van der Waals surface area contributed by atoms with Crippen LogP contribution in [0.1, 0.15) is 89.7 Å². The van der Waals surface area contributed by atoms with E-state index in [4.69, 9.17) is 9.47 Å². The smallest absolute Gasteiger partial charge is 0.323 e. The lowest BCUT2D eigenvalue weighted by atomic mass is 9.86. The SMILES string of the molecule is CCCCCCCCc1ccc(CNC2CCC(C(=O)OCC)(C(=O)OCC)C2)cc1. The van der Waals surface area contributed by atoms with Gasteiger partial charge >= 0.3 is 11.9 Å². The molecule has 174 valence electrons. The van der Waals surface area contributed by atoms with Crippen LogP contribution < -0.4 is 5.32 Å². The molecule has 0 heterocycles. The fourth-order valence-electron chi connectivity index (χ4n) is 4.41. The number of carbonyl (C=O) groups is 2. The van der Waals surface area contributed by atoms with Gasteiger partial charge in [-0.3, -0.25) is 9.59 Å². The highest BCUT2D eigenvalue weighted by Crippen LogP contribution is 2.41. The van der Waals surface area contributed by atoms with Crippen molar-refractivity contribution in [2.75, 3.05) is 13.2 Å². The maximum absolute atomic E-state index is 12.5. The number of carbonyl (C=O) groups excluding carboxylic acids is 2. The van der Waals surface area contributed by atoms with Gasteiger partial charge in [-0.1, -0.05) is 63.3 Å². The van der Waals surface area contributed by atoms with Gasteiger partial charge in [0.2, 0.25) is 0 Å². The molecule has 31 heavy (non-hydrogen) atoms. The molecule has 2 rings (SSSR count). The van der Waals surface area contributed by atoms with Gasteiger partial charge in [0.1, 0.15) is 0 Å². The number of rotatable bonds is 14. The third-order valence-corrected chi connectivity index (χ3v) is 6.28. The summed E-state index contributed by atoms with van der Waals surface area (Å²) < 4.78 is 10.4. The molecule has 0 amide bonds. The Morgan fingerprint density at radius 1 is 0.903 bits per heavy atom. The molecule has 5 nitrogen and oxygen atoms in total. The predicted octanol–water partition coefficient (Wildman–Crippen LogP) is 5.34. The van der Waals surface area contributed by atoms with Crippen LogP contribution in [0.25, 0.3) is 0 Å². The maximum Gasteiger partial charge on any atom is 0.323 e. The van der Waals surface area contributed by atoms with Crippen LogP contribution in [0.3, 0.4) is 0 Å². The number of nitrogens with one attached hydrogen (secondary N) is 1. The summed E-state index contributed by atoms with van der Waals surface area (Å²) in [4.78, 5) is 25.1. The van der Waals surface area contributed by atoms with Crippen LogP contribution in [0.4, 0.5) is 0 Å². The summed E-state index contributed by atoms with van der Waals surface area (Å²) >= 11 is 0. The molecule has 1 saturated carbocycles. The predicted molar refractivity (Wildman–Crippen MR) is 124 cm³/mol. The molecule has 1 aliphatic rings. The molecule has 1 atom stereocenters. The third-order valence-electron chi connectivity index (χ3n) is 6.28. The summed E-state index contributed by atoms with van der Waals surface area (Å²) in [7, 11) is 0. The van der Waals surface area contributed by atoms with Crippen LogP contribution in [-0.2, 0) is 32.0 Å². The fourth-order valence-corrected chi connectivity index (χ4v) is 4.41.